The highest BCUT2D eigenvalue weighted by Crippen LogP contribution is 2.23. The number of nitrogens with zero attached hydrogens (tertiary/aromatic N) is 1. The third kappa shape index (κ3) is 5.65. The summed E-state index contributed by atoms with van der Waals surface area (Å²) in [5.74, 6) is 0. The molecule has 19 heavy (non-hydrogen) atoms. The highest BCUT2D eigenvalue weighted by Gasteiger charge is 2.16. The van der Waals surface area contributed by atoms with E-state index in [1.54, 1.807) is 0 Å². The zero-order valence-corrected chi connectivity index (χ0v) is 13.2. The summed E-state index contributed by atoms with van der Waals surface area (Å²) < 4.78 is 0. The predicted octanol–water partition coefficient (Wildman–Crippen LogP) is 3.97. The lowest BCUT2D eigenvalue weighted by molar-refractivity contribution is 0.332. The van der Waals surface area contributed by atoms with Crippen LogP contribution in [0.1, 0.15) is 46.1 Å². The van der Waals surface area contributed by atoms with Crippen molar-refractivity contribution in [3.8, 4) is 0 Å². The molecule has 0 aliphatic heterocycles. The van der Waals surface area contributed by atoms with Gasteiger partial charge in [-0.15, -0.1) is 0 Å². The van der Waals surface area contributed by atoms with Crippen molar-refractivity contribution in [3.05, 3.63) is 29.8 Å². The molecule has 108 valence electrons. The Balaban J connectivity index is 2.57. The Bertz CT molecular complexity index is 379. The topological polar surface area (TPSA) is 29.3 Å². The fourth-order valence-corrected chi connectivity index (χ4v) is 2.58. The van der Waals surface area contributed by atoms with E-state index in [1.807, 2.05) is 0 Å². The number of nitrogens with two attached hydrogens (primary N) is 1. The van der Waals surface area contributed by atoms with Crippen molar-refractivity contribution in [2.75, 3.05) is 18.0 Å². The zero-order valence-electron chi connectivity index (χ0n) is 13.2. The van der Waals surface area contributed by atoms with E-state index in [4.69, 9.17) is 5.73 Å². The second-order valence-electron chi connectivity index (χ2n) is 6.68. The highest BCUT2D eigenvalue weighted by molar-refractivity contribution is 5.52. The normalized spacial score (nSPS) is 13.4. The molecule has 0 heterocycles. The van der Waals surface area contributed by atoms with Crippen LogP contribution in [0.15, 0.2) is 24.3 Å². The highest BCUT2D eigenvalue weighted by atomic mass is 15.1. The molecule has 0 aliphatic carbocycles. The summed E-state index contributed by atoms with van der Waals surface area (Å²) in [5.41, 5.74) is 9.25. The molecule has 1 atom stereocenters. The Morgan fingerprint density at radius 2 is 1.84 bits per heavy atom. The Labute approximate surface area is 119 Å². The average Bonchev–Trinajstić information content (AvgIpc) is 2.29. The molecule has 0 bridgehead atoms. The largest absolute Gasteiger partial charge is 0.372 e. The summed E-state index contributed by atoms with van der Waals surface area (Å²) in [5, 5.41) is 0. The lowest BCUT2D eigenvalue weighted by atomic mass is 9.87. The van der Waals surface area contributed by atoms with E-state index in [9.17, 15) is 0 Å². The lowest BCUT2D eigenvalue weighted by Crippen LogP contribution is -2.33. The van der Waals surface area contributed by atoms with Crippen LogP contribution >= 0.6 is 0 Å². The van der Waals surface area contributed by atoms with Gasteiger partial charge in [0, 0.05) is 24.8 Å². The second kappa shape index (κ2) is 6.95. The van der Waals surface area contributed by atoms with E-state index < -0.39 is 0 Å². The van der Waals surface area contributed by atoms with Crippen LogP contribution < -0.4 is 10.6 Å². The van der Waals surface area contributed by atoms with Crippen LogP contribution in [0.25, 0.3) is 0 Å². The molecule has 0 amide bonds. The third-order valence-corrected chi connectivity index (χ3v) is 3.48. The number of anilines is 1. The summed E-state index contributed by atoms with van der Waals surface area (Å²) in [7, 11) is 0. The molecule has 2 nitrogen and oxygen atoms in total. The first-order chi connectivity index (χ1) is 8.83. The standard InChI is InChI=1S/C17H30N2/c1-6-19(16-10-8-7-9-14(16)2)12-11-15(18)13-17(3,4)5/h7-10,15H,6,11-13,18H2,1-5H3. The number of hydrogen-bond acceptors (Lipinski definition) is 2. The molecule has 0 saturated heterocycles. The molecular formula is C17H30N2. The van der Waals surface area contributed by atoms with Gasteiger partial charge in [-0.05, 0) is 43.7 Å². The van der Waals surface area contributed by atoms with Crippen LogP contribution in [-0.2, 0) is 0 Å². The Kier molecular flexibility index (Phi) is 5.86. The van der Waals surface area contributed by atoms with Gasteiger partial charge in [-0.3, -0.25) is 0 Å². The smallest absolute Gasteiger partial charge is 0.0395 e. The fraction of sp³-hybridized carbons (Fsp3) is 0.647. The first-order valence-electron chi connectivity index (χ1n) is 7.39. The molecule has 1 aromatic rings. The Morgan fingerprint density at radius 1 is 1.21 bits per heavy atom. The van der Waals surface area contributed by atoms with Gasteiger partial charge in [0.05, 0.1) is 0 Å². The molecule has 1 aromatic carbocycles. The van der Waals surface area contributed by atoms with Crippen molar-refractivity contribution in [2.24, 2.45) is 11.1 Å². The van der Waals surface area contributed by atoms with Crippen molar-refractivity contribution in [3.63, 3.8) is 0 Å². The molecule has 0 radical (unpaired) electrons. The van der Waals surface area contributed by atoms with Gasteiger partial charge in [0.15, 0.2) is 0 Å². The minimum atomic E-state index is 0.290. The van der Waals surface area contributed by atoms with Crippen LogP contribution in [0, 0.1) is 12.3 Å². The van der Waals surface area contributed by atoms with Crippen molar-refractivity contribution in [2.45, 2.75) is 53.5 Å². The van der Waals surface area contributed by atoms with E-state index in [2.05, 4.69) is 63.8 Å². The van der Waals surface area contributed by atoms with Gasteiger partial charge in [-0.25, -0.2) is 0 Å². The molecule has 0 aromatic heterocycles. The maximum absolute atomic E-state index is 6.25. The number of aryl methyl sites for hydroxylation is 1. The number of benzene rings is 1. The molecule has 1 rings (SSSR count). The molecule has 2 N–H and O–H groups in total. The molecule has 0 saturated carbocycles. The van der Waals surface area contributed by atoms with Crippen LogP contribution in [-0.4, -0.2) is 19.1 Å². The van der Waals surface area contributed by atoms with Crippen molar-refractivity contribution in [1.29, 1.82) is 0 Å². The summed E-state index contributed by atoms with van der Waals surface area (Å²) in [4.78, 5) is 2.43. The van der Waals surface area contributed by atoms with Crippen molar-refractivity contribution in [1.82, 2.24) is 0 Å². The first-order valence-corrected chi connectivity index (χ1v) is 7.39. The number of rotatable bonds is 6. The van der Waals surface area contributed by atoms with Gasteiger partial charge in [0.1, 0.15) is 0 Å². The molecule has 0 spiro atoms. The minimum Gasteiger partial charge on any atom is -0.372 e. The quantitative estimate of drug-likeness (QED) is 0.840. The van der Waals surface area contributed by atoms with Gasteiger partial charge >= 0.3 is 0 Å². The molecular weight excluding hydrogens is 232 g/mol. The summed E-state index contributed by atoms with van der Waals surface area (Å²) in [6, 6.07) is 8.87. The predicted molar refractivity (Wildman–Crippen MR) is 85.7 cm³/mol. The SMILES string of the molecule is CCN(CCC(N)CC(C)(C)C)c1ccccc1C. The van der Waals surface area contributed by atoms with Crippen LogP contribution in [0.5, 0.6) is 0 Å². The van der Waals surface area contributed by atoms with Crippen molar-refractivity contribution >= 4 is 5.69 Å². The van der Waals surface area contributed by atoms with Crippen LogP contribution in [0.4, 0.5) is 5.69 Å². The second-order valence-corrected chi connectivity index (χ2v) is 6.68. The van der Waals surface area contributed by atoms with Crippen molar-refractivity contribution < 1.29 is 0 Å². The minimum absolute atomic E-state index is 0.290. The fourth-order valence-electron chi connectivity index (χ4n) is 2.58. The average molecular weight is 262 g/mol. The van der Waals surface area contributed by atoms with E-state index in [0.717, 1.165) is 25.9 Å². The molecule has 2 heteroatoms. The van der Waals surface area contributed by atoms with Gasteiger partial charge in [0.2, 0.25) is 0 Å². The molecule has 0 aliphatic rings. The first kappa shape index (κ1) is 16.0. The third-order valence-electron chi connectivity index (χ3n) is 3.48. The summed E-state index contributed by atoms with van der Waals surface area (Å²) in [6.07, 6.45) is 2.14. The van der Waals surface area contributed by atoms with E-state index in [-0.39, 0.29) is 6.04 Å². The Morgan fingerprint density at radius 3 is 2.37 bits per heavy atom. The van der Waals surface area contributed by atoms with Crippen LogP contribution in [0.3, 0.4) is 0 Å². The number of hydrogen-bond donors (Lipinski definition) is 1. The van der Waals surface area contributed by atoms with Gasteiger partial charge in [0.25, 0.3) is 0 Å². The maximum Gasteiger partial charge on any atom is 0.0395 e. The van der Waals surface area contributed by atoms with E-state index >= 15 is 0 Å². The van der Waals surface area contributed by atoms with Gasteiger partial charge < -0.3 is 10.6 Å². The van der Waals surface area contributed by atoms with Gasteiger partial charge in [-0.2, -0.15) is 0 Å². The van der Waals surface area contributed by atoms with Gasteiger partial charge in [-0.1, -0.05) is 39.0 Å². The lowest BCUT2D eigenvalue weighted by Gasteiger charge is -2.28. The molecule has 0 fully saturated rings. The van der Waals surface area contributed by atoms with E-state index in [0.29, 0.717) is 5.41 Å². The molecule has 1 unspecified atom stereocenters. The summed E-state index contributed by atoms with van der Waals surface area (Å²) >= 11 is 0. The zero-order chi connectivity index (χ0) is 14.5. The maximum atomic E-state index is 6.25. The number of para-hydroxylation sites is 1. The summed E-state index contributed by atoms with van der Waals surface area (Å²) in [6.45, 7) is 13.2. The van der Waals surface area contributed by atoms with E-state index in [1.165, 1.54) is 11.3 Å². The Hall–Kier alpha value is -1.02. The monoisotopic (exact) mass is 262 g/mol. The van der Waals surface area contributed by atoms with Crippen LogP contribution in [0.2, 0.25) is 0 Å².